The summed E-state index contributed by atoms with van der Waals surface area (Å²) in [6.07, 6.45) is -0.840. The minimum absolute atomic E-state index is 0.137. The first-order valence-corrected chi connectivity index (χ1v) is 5.73. The highest BCUT2D eigenvalue weighted by Crippen LogP contribution is 2.25. The van der Waals surface area contributed by atoms with Gasteiger partial charge in [0, 0.05) is 0 Å². The molecule has 1 heterocycles. The number of alkyl halides is 3. The highest BCUT2D eigenvalue weighted by atomic mass is 19.4. The third-order valence-electron chi connectivity index (χ3n) is 2.47. The SMILES string of the molecule is N/C=C\c1ncc(-c2ccc(OC(F)(F)F)cc2)[nH]c1=O. The van der Waals surface area contributed by atoms with E-state index in [1.165, 1.54) is 30.6 Å². The number of H-pyrrole nitrogens is 1. The van der Waals surface area contributed by atoms with Crippen LogP contribution in [0.5, 0.6) is 5.75 Å². The second-order valence-electron chi connectivity index (χ2n) is 3.94. The predicted octanol–water partition coefficient (Wildman–Crippen LogP) is 2.26. The van der Waals surface area contributed by atoms with Crippen molar-refractivity contribution >= 4 is 6.08 Å². The van der Waals surface area contributed by atoms with Crippen molar-refractivity contribution in [2.24, 2.45) is 5.73 Å². The van der Waals surface area contributed by atoms with Crippen LogP contribution in [0.25, 0.3) is 17.3 Å². The first-order chi connectivity index (χ1) is 9.89. The van der Waals surface area contributed by atoms with E-state index in [1.807, 2.05) is 0 Å². The van der Waals surface area contributed by atoms with Crippen molar-refractivity contribution < 1.29 is 17.9 Å². The van der Waals surface area contributed by atoms with E-state index >= 15 is 0 Å². The molecule has 0 amide bonds. The van der Waals surface area contributed by atoms with Crippen LogP contribution >= 0.6 is 0 Å². The normalized spacial score (nSPS) is 11.8. The zero-order valence-electron chi connectivity index (χ0n) is 10.5. The molecule has 0 aliphatic rings. The number of ether oxygens (including phenoxy) is 1. The maximum atomic E-state index is 12.0. The summed E-state index contributed by atoms with van der Waals surface area (Å²) < 4.78 is 39.9. The molecule has 0 aliphatic carbocycles. The van der Waals surface area contributed by atoms with E-state index in [2.05, 4.69) is 14.7 Å². The van der Waals surface area contributed by atoms with Crippen molar-refractivity contribution in [2.75, 3.05) is 0 Å². The second-order valence-corrected chi connectivity index (χ2v) is 3.94. The van der Waals surface area contributed by atoms with Crippen LogP contribution in [0.2, 0.25) is 0 Å². The van der Waals surface area contributed by atoms with Gasteiger partial charge in [-0.2, -0.15) is 0 Å². The summed E-state index contributed by atoms with van der Waals surface area (Å²) in [6, 6.07) is 5.06. The van der Waals surface area contributed by atoms with Gasteiger partial charge < -0.3 is 15.5 Å². The maximum Gasteiger partial charge on any atom is 0.573 e. The molecule has 8 heteroatoms. The molecule has 0 spiro atoms. The fraction of sp³-hybridized carbons (Fsp3) is 0.0769. The number of aromatic amines is 1. The first kappa shape index (κ1) is 14.6. The summed E-state index contributed by atoms with van der Waals surface area (Å²) in [5, 5.41) is 0. The van der Waals surface area contributed by atoms with Gasteiger partial charge in [-0.3, -0.25) is 4.79 Å². The van der Waals surface area contributed by atoms with Gasteiger partial charge in [0.1, 0.15) is 11.4 Å². The van der Waals surface area contributed by atoms with Gasteiger partial charge in [0.25, 0.3) is 5.56 Å². The van der Waals surface area contributed by atoms with Crippen LogP contribution in [0.15, 0.2) is 41.5 Å². The molecule has 0 atom stereocenters. The van der Waals surface area contributed by atoms with Crippen LogP contribution in [-0.2, 0) is 0 Å². The summed E-state index contributed by atoms with van der Waals surface area (Å²) >= 11 is 0. The molecule has 0 bridgehead atoms. The fourth-order valence-corrected chi connectivity index (χ4v) is 1.60. The molecule has 2 aromatic rings. The Labute approximate surface area is 116 Å². The Morgan fingerprint density at radius 1 is 1.24 bits per heavy atom. The molecule has 0 saturated heterocycles. The van der Waals surface area contributed by atoms with E-state index in [0.717, 1.165) is 12.1 Å². The van der Waals surface area contributed by atoms with E-state index in [4.69, 9.17) is 5.73 Å². The molecule has 0 aliphatic heterocycles. The smallest absolute Gasteiger partial charge is 0.406 e. The summed E-state index contributed by atoms with van der Waals surface area (Å²) in [7, 11) is 0. The molecule has 0 fully saturated rings. The average Bonchev–Trinajstić information content (AvgIpc) is 2.40. The molecular formula is C13H10F3N3O2. The van der Waals surface area contributed by atoms with Crippen LogP contribution in [0.1, 0.15) is 5.69 Å². The van der Waals surface area contributed by atoms with E-state index in [0.29, 0.717) is 11.3 Å². The Kier molecular flexibility index (Phi) is 3.97. The molecule has 0 unspecified atom stereocenters. The molecule has 5 nitrogen and oxygen atoms in total. The van der Waals surface area contributed by atoms with Crippen LogP contribution in [0.3, 0.4) is 0 Å². The highest BCUT2D eigenvalue weighted by molar-refractivity contribution is 5.59. The Morgan fingerprint density at radius 3 is 2.43 bits per heavy atom. The number of halogens is 3. The number of aromatic nitrogens is 2. The van der Waals surface area contributed by atoms with Crippen LogP contribution < -0.4 is 16.0 Å². The van der Waals surface area contributed by atoms with E-state index < -0.39 is 11.9 Å². The van der Waals surface area contributed by atoms with Gasteiger partial charge in [0.15, 0.2) is 0 Å². The molecule has 110 valence electrons. The number of hydrogen-bond acceptors (Lipinski definition) is 4. The quantitative estimate of drug-likeness (QED) is 0.910. The summed E-state index contributed by atoms with van der Waals surface area (Å²) in [5.41, 5.74) is 5.72. The van der Waals surface area contributed by atoms with Crippen LogP contribution in [0, 0.1) is 0 Å². The average molecular weight is 297 g/mol. The monoisotopic (exact) mass is 297 g/mol. The number of rotatable bonds is 3. The lowest BCUT2D eigenvalue weighted by Gasteiger charge is -2.09. The molecular weight excluding hydrogens is 287 g/mol. The highest BCUT2D eigenvalue weighted by Gasteiger charge is 2.30. The number of nitrogens with one attached hydrogen (secondary N) is 1. The lowest BCUT2D eigenvalue weighted by Crippen LogP contribution is -2.17. The van der Waals surface area contributed by atoms with Crippen molar-refractivity contribution in [3.05, 3.63) is 52.7 Å². The van der Waals surface area contributed by atoms with Crippen molar-refractivity contribution in [1.29, 1.82) is 0 Å². The predicted molar refractivity (Wildman–Crippen MR) is 70.2 cm³/mol. The third kappa shape index (κ3) is 3.85. The lowest BCUT2D eigenvalue weighted by molar-refractivity contribution is -0.274. The van der Waals surface area contributed by atoms with Crippen molar-refractivity contribution in [3.8, 4) is 17.0 Å². The van der Waals surface area contributed by atoms with Gasteiger partial charge in [0.05, 0.1) is 11.9 Å². The molecule has 1 aromatic carbocycles. The van der Waals surface area contributed by atoms with Crippen molar-refractivity contribution in [3.63, 3.8) is 0 Å². The van der Waals surface area contributed by atoms with Gasteiger partial charge in [-0.05, 0) is 42.1 Å². The number of benzene rings is 1. The number of nitrogens with zero attached hydrogens (tertiary/aromatic N) is 1. The Morgan fingerprint density at radius 2 is 1.90 bits per heavy atom. The Balaban J connectivity index is 2.27. The topological polar surface area (TPSA) is 81.0 Å². The molecule has 0 saturated carbocycles. The number of nitrogens with two attached hydrogens (primary N) is 1. The molecule has 2 rings (SSSR count). The Hall–Kier alpha value is -2.77. The van der Waals surface area contributed by atoms with Gasteiger partial charge in [-0.1, -0.05) is 0 Å². The van der Waals surface area contributed by atoms with E-state index in [-0.39, 0.29) is 11.4 Å². The van der Waals surface area contributed by atoms with Gasteiger partial charge >= 0.3 is 6.36 Å². The van der Waals surface area contributed by atoms with E-state index in [1.54, 1.807) is 0 Å². The lowest BCUT2D eigenvalue weighted by atomic mass is 10.1. The summed E-state index contributed by atoms with van der Waals surface area (Å²) in [5.74, 6) is -0.343. The largest absolute Gasteiger partial charge is 0.573 e. The minimum atomic E-state index is -4.74. The maximum absolute atomic E-state index is 12.0. The molecule has 3 N–H and O–H groups in total. The van der Waals surface area contributed by atoms with E-state index in [9.17, 15) is 18.0 Å². The van der Waals surface area contributed by atoms with Crippen molar-refractivity contribution in [2.45, 2.75) is 6.36 Å². The zero-order chi connectivity index (χ0) is 15.5. The zero-order valence-corrected chi connectivity index (χ0v) is 10.5. The summed E-state index contributed by atoms with van der Waals surface area (Å²) in [4.78, 5) is 18.1. The minimum Gasteiger partial charge on any atom is -0.406 e. The fourth-order valence-electron chi connectivity index (χ4n) is 1.60. The van der Waals surface area contributed by atoms with Crippen LogP contribution in [-0.4, -0.2) is 16.3 Å². The van der Waals surface area contributed by atoms with Gasteiger partial charge in [0.2, 0.25) is 0 Å². The molecule has 0 radical (unpaired) electrons. The summed E-state index contributed by atoms with van der Waals surface area (Å²) in [6.45, 7) is 0. The van der Waals surface area contributed by atoms with Crippen LogP contribution in [0.4, 0.5) is 13.2 Å². The van der Waals surface area contributed by atoms with Gasteiger partial charge in [-0.15, -0.1) is 13.2 Å². The molecule has 21 heavy (non-hydrogen) atoms. The second kappa shape index (κ2) is 5.70. The standard InChI is InChI=1S/C13H10F3N3O2/c14-13(15,16)21-9-3-1-8(2-4-9)11-7-18-10(5-6-17)12(20)19-11/h1-7H,17H2,(H,19,20)/b6-5-. The molecule has 1 aromatic heterocycles. The number of hydrogen-bond donors (Lipinski definition) is 2. The first-order valence-electron chi connectivity index (χ1n) is 5.73. The Bertz CT molecular complexity index is 706. The third-order valence-corrected chi connectivity index (χ3v) is 2.47. The van der Waals surface area contributed by atoms with Gasteiger partial charge in [-0.25, -0.2) is 4.98 Å². The van der Waals surface area contributed by atoms with Crippen molar-refractivity contribution in [1.82, 2.24) is 9.97 Å².